The Bertz CT molecular complexity index is 570. The zero-order valence-corrected chi connectivity index (χ0v) is 6.75. The largest absolute Gasteiger partial charge is 0.288 e. The summed E-state index contributed by atoms with van der Waals surface area (Å²) in [6.45, 7) is 0. The monoisotopic (exact) mass is 170 g/mol. The van der Waals surface area contributed by atoms with Crippen molar-refractivity contribution in [2.24, 2.45) is 0 Å². The molecule has 0 fully saturated rings. The van der Waals surface area contributed by atoms with E-state index in [1.54, 1.807) is 18.7 Å². The normalized spacial score (nSPS) is 11.1. The van der Waals surface area contributed by atoms with Gasteiger partial charge in [-0.1, -0.05) is 0 Å². The van der Waals surface area contributed by atoms with Crippen molar-refractivity contribution in [2.75, 3.05) is 0 Å². The van der Waals surface area contributed by atoms with E-state index < -0.39 is 0 Å². The van der Waals surface area contributed by atoms with Crippen LogP contribution in [0, 0.1) is 0 Å². The molecule has 3 aromatic rings. The smallest absolute Gasteiger partial charge is 0.170 e. The van der Waals surface area contributed by atoms with Crippen molar-refractivity contribution in [3.63, 3.8) is 0 Å². The van der Waals surface area contributed by atoms with Gasteiger partial charge in [0, 0.05) is 24.0 Å². The number of pyridine rings is 2. The highest BCUT2D eigenvalue weighted by molar-refractivity contribution is 5.92. The molecule has 4 heteroatoms. The van der Waals surface area contributed by atoms with Gasteiger partial charge in [0.15, 0.2) is 5.65 Å². The molecule has 0 unspecified atom stereocenters. The second-order valence-electron chi connectivity index (χ2n) is 2.84. The summed E-state index contributed by atoms with van der Waals surface area (Å²) in [5, 5.41) is 10.0. The van der Waals surface area contributed by atoms with Crippen LogP contribution in [0.3, 0.4) is 0 Å². The van der Waals surface area contributed by atoms with Crippen LogP contribution in [0.4, 0.5) is 0 Å². The third-order valence-corrected chi connectivity index (χ3v) is 2.08. The molecule has 3 heterocycles. The lowest BCUT2D eigenvalue weighted by Crippen LogP contribution is -1.84. The second-order valence-corrected chi connectivity index (χ2v) is 2.84. The van der Waals surface area contributed by atoms with E-state index >= 15 is 0 Å². The zero-order valence-electron chi connectivity index (χ0n) is 6.75. The van der Waals surface area contributed by atoms with Crippen LogP contribution < -0.4 is 0 Å². The molecule has 0 radical (unpaired) electrons. The first-order valence-electron chi connectivity index (χ1n) is 3.97. The highest BCUT2D eigenvalue weighted by Crippen LogP contribution is 2.15. The van der Waals surface area contributed by atoms with Crippen molar-refractivity contribution >= 4 is 16.4 Å². The van der Waals surface area contributed by atoms with Crippen molar-refractivity contribution in [3.8, 4) is 0 Å². The third-order valence-electron chi connectivity index (χ3n) is 2.08. The molecule has 0 aliphatic rings. The average molecular weight is 170 g/mol. The van der Waals surface area contributed by atoms with Crippen molar-refractivity contribution < 1.29 is 0 Å². The van der Waals surface area contributed by atoms with Gasteiger partial charge >= 0.3 is 0 Å². The van der Waals surface area contributed by atoms with Crippen molar-refractivity contribution in [1.29, 1.82) is 0 Å². The van der Waals surface area contributed by atoms with E-state index in [1.165, 1.54) is 0 Å². The van der Waals surface area contributed by atoms with Gasteiger partial charge in [0.1, 0.15) is 6.33 Å². The number of hydrogen-bond acceptors (Lipinski definition) is 3. The molecule has 3 aromatic heterocycles. The van der Waals surface area contributed by atoms with Crippen LogP contribution in [0.1, 0.15) is 0 Å². The predicted octanol–water partition coefficient (Wildman–Crippen LogP) is 1.28. The van der Waals surface area contributed by atoms with Gasteiger partial charge in [-0.2, -0.15) is 0 Å². The summed E-state index contributed by atoms with van der Waals surface area (Å²) in [4.78, 5) is 4.06. The van der Waals surface area contributed by atoms with Crippen LogP contribution in [0.2, 0.25) is 0 Å². The molecule has 13 heavy (non-hydrogen) atoms. The molecular formula is C9H6N4. The third kappa shape index (κ3) is 0.823. The summed E-state index contributed by atoms with van der Waals surface area (Å²) in [5.41, 5.74) is 0.852. The van der Waals surface area contributed by atoms with Gasteiger partial charge in [-0.25, -0.2) is 0 Å². The Labute approximate surface area is 73.9 Å². The Morgan fingerprint density at radius 1 is 1.23 bits per heavy atom. The number of rotatable bonds is 0. The Balaban J connectivity index is 2.65. The summed E-state index contributed by atoms with van der Waals surface area (Å²) in [7, 11) is 0. The Kier molecular flexibility index (Phi) is 1.14. The molecule has 0 aliphatic carbocycles. The SMILES string of the molecule is c1cc2ccn3cnnc3c2cn1. The van der Waals surface area contributed by atoms with Gasteiger partial charge in [-0.3, -0.25) is 9.38 Å². The summed E-state index contributed by atoms with van der Waals surface area (Å²) < 4.78 is 1.88. The molecular weight excluding hydrogens is 164 g/mol. The minimum Gasteiger partial charge on any atom is -0.288 e. The van der Waals surface area contributed by atoms with Crippen LogP contribution >= 0.6 is 0 Å². The van der Waals surface area contributed by atoms with Crippen LogP contribution in [-0.2, 0) is 0 Å². The van der Waals surface area contributed by atoms with Crippen molar-refractivity contribution in [1.82, 2.24) is 19.6 Å². The number of fused-ring (bicyclic) bond motifs is 3. The Morgan fingerprint density at radius 3 is 3.23 bits per heavy atom. The maximum atomic E-state index is 4.06. The lowest BCUT2D eigenvalue weighted by atomic mass is 10.2. The van der Waals surface area contributed by atoms with Gasteiger partial charge in [-0.05, 0) is 17.5 Å². The fraction of sp³-hybridized carbons (Fsp3) is 0. The highest BCUT2D eigenvalue weighted by Gasteiger charge is 2.00. The van der Waals surface area contributed by atoms with Crippen molar-refractivity contribution in [2.45, 2.75) is 0 Å². The van der Waals surface area contributed by atoms with Crippen LogP contribution in [-0.4, -0.2) is 19.6 Å². The van der Waals surface area contributed by atoms with Gasteiger partial charge in [0.2, 0.25) is 0 Å². The van der Waals surface area contributed by atoms with E-state index in [4.69, 9.17) is 0 Å². The van der Waals surface area contributed by atoms with Gasteiger partial charge < -0.3 is 0 Å². The molecule has 0 aliphatic heterocycles. The van der Waals surface area contributed by atoms with E-state index in [0.717, 1.165) is 16.4 Å². The van der Waals surface area contributed by atoms with E-state index in [2.05, 4.69) is 15.2 Å². The molecule has 0 saturated carbocycles. The van der Waals surface area contributed by atoms with Gasteiger partial charge in [0.05, 0.1) is 0 Å². The first-order chi connectivity index (χ1) is 6.45. The molecule has 0 atom stereocenters. The van der Waals surface area contributed by atoms with E-state index in [0.29, 0.717) is 0 Å². The number of aromatic nitrogens is 4. The van der Waals surface area contributed by atoms with Gasteiger partial charge in [-0.15, -0.1) is 10.2 Å². The Morgan fingerprint density at radius 2 is 2.23 bits per heavy atom. The second kappa shape index (κ2) is 2.26. The van der Waals surface area contributed by atoms with Gasteiger partial charge in [0.25, 0.3) is 0 Å². The first-order valence-corrected chi connectivity index (χ1v) is 3.97. The lowest BCUT2D eigenvalue weighted by molar-refractivity contribution is 1.10. The summed E-state index contributed by atoms with van der Waals surface area (Å²) in [6, 6.07) is 3.98. The summed E-state index contributed by atoms with van der Waals surface area (Å²) >= 11 is 0. The zero-order chi connectivity index (χ0) is 8.67. The molecule has 0 saturated heterocycles. The van der Waals surface area contributed by atoms with Crippen LogP contribution in [0.5, 0.6) is 0 Å². The van der Waals surface area contributed by atoms with E-state index in [1.807, 2.05) is 22.7 Å². The predicted molar refractivity (Wildman–Crippen MR) is 48.3 cm³/mol. The number of hydrogen-bond donors (Lipinski definition) is 0. The molecule has 0 bridgehead atoms. The van der Waals surface area contributed by atoms with E-state index in [-0.39, 0.29) is 0 Å². The topological polar surface area (TPSA) is 43.1 Å². The molecule has 0 aromatic carbocycles. The fourth-order valence-electron chi connectivity index (χ4n) is 1.44. The van der Waals surface area contributed by atoms with Crippen molar-refractivity contribution in [3.05, 3.63) is 37.1 Å². The molecule has 62 valence electrons. The summed E-state index contributed by atoms with van der Waals surface area (Å²) in [5.74, 6) is 0. The maximum absolute atomic E-state index is 4.06. The Hall–Kier alpha value is -1.97. The minimum absolute atomic E-state index is 0.852. The quantitative estimate of drug-likeness (QED) is 0.510. The highest BCUT2D eigenvalue weighted by atomic mass is 15.2. The maximum Gasteiger partial charge on any atom is 0.170 e. The standard InChI is InChI=1S/C9H6N4/c1-3-10-5-8-7(1)2-4-13-6-11-12-9(8)13/h1-6H. The average Bonchev–Trinajstić information content (AvgIpc) is 2.65. The molecule has 0 amide bonds. The molecule has 3 rings (SSSR count). The molecule has 0 N–H and O–H groups in total. The molecule has 4 nitrogen and oxygen atoms in total. The van der Waals surface area contributed by atoms with Crippen LogP contribution in [0.15, 0.2) is 37.1 Å². The molecule has 0 spiro atoms. The number of nitrogens with zero attached hydrogens (tertiary/aromatic N) is 4. The lowest BCUT2D eigenvalue weighted by Gasteiger charge is -1.96. The minimum atomic E-state index is 0.852. The summed E-state index contributed by atoms with van der Waals surface area (Å²) in [6.07, 6.45) is 7.20. The van der Waals surface area contributed by atoms with Crippen LogP contribution in [0.25, 0.3) is 16.4 Å². The fourth-order valence-corrected chi connectivity index (χ4v) is 1.44. The first kappa shape index (κ1) is 6.54. The van der Waals surface area contributed by atoms with E-state index in [9.17, 15) is 0 Å².